The Balaban J connectivity index is 2.81. The number of nitrogens with zero attached hydrogens (tertiary/aromatic N) is 3. The molecule has 0 aliphatic heterocycles. The zero-order valence-electron chi connectivity index (χ0n) is 10.0. The molecule has 0 amide bonds. The third kappa shape index (κ3) is 3.01. The minimum atomic E-state index is -0.115. The standard InChI is InChI=1S/C10H19N3O3/c1-8(4-5-15-2)13-10(7-16-3)9(6-14)11-12-13/h8,14H,4-7H2,1-3H3. The lowest BCUT2D eigenvalue weighted by molar-refractivity contribution is 0.160. The van der Waals surface area contributed by atoms with E-state index in [1.54, 1.807) is 18.9 Å². The van der Waals surface area contributed by atoms with Gasteiger partial charge in [-0.05, 0) is 13.3 Å². The second kappa shape index (κ2) is 6.57. The first-order valence-electron chi connectivity index (χ1n) is 5.26. The van der Waals surface area contributed by atoms with Crippen molar-refractivity contribution in [1.82, 2.24) is 15.0 Å². The predicted molar refractivity (Wildman–Crippen MR) is 57.9 cm³/mol. The van der Waals surface area contributed by atoms with E-state index in [0.29, 0.717) is 18.9 Å². The van der Waals surface area contributed by atoms with Crippen molar-refractivity contribution >= 4 is 0 Å². The molecular formula is C10H19N3O3. The van der Waals surface area contributed by atoms with Gasteiger partial charge in [0.25, 0.3) is 0 Å². The summed E-state index contributed by atoms with van der Waals surface area (Å²) < 4.78 is 11.9. The summed E-state index contributed by atoms with van der Waals surface area (Å²) in [5, 5.41) is 17.1. The van der Waals surface area contributed by atoms with E-state index < -0.39 is 0 Å². The molecule has 1 heterocycles. The van der Waals surface area contributed by atoms with Crippen LogP contribution in [0.1, 0.15) is 30.8 Å². The molecule has 0 bridgehead atoms. The predicted octanol–water partition coefficient (Wildman–Crippen LogP) is 0.514. The highest BCUT2D eigenvalue weighted by Gasteiger charge is 2.16. The number of aliphatic hydroxyl groups is 1. The van der Waals surface area contributed by atoms with Gasteiger partial charge in [0.05, 0.1) is 24.9 Å². The van der Waals surface area contributed by atoms with E-state index in [-0.39, 0.29) is 12.6 Å². The maximum absolute atomic E-state index is 9.12. The zero-order valence-corrected chi connectivity index (χ0v) is 10.0. The summed E-state index contributed by atoms with van der Waals surface area (Å²) >= 11 is 0. The van der Waals surface area contributed by atoms with Crippen molar-refractivity contribution in [3.63, 3.8) is 0 Å². The van der Waals surface area contributed by atoms with Crippen LogP contribution >= 0.6 is 0 Å². The van der Waals surface area contributed by atoms with Crippen LogP contribution in [0.3, 0.4) is 0 Å². The Kier molecular flexibility index (Phi) is 5.37. The van der Waals surface area contributed by atoms with Crippen LogP contribution in [-0.4, -0.2) is 40.9 Å². The molecule has 0 saturated heterocycles. The summed E-state index contributed by atoms with van der Waals surface area (Å²) in [5.41, 5.74) is 1.40. The van der Waals surface area contributed by atoms with Crippen LogP contribution in [0, 0.1) is 0 Å². The van der Waals surface area contributed by atoms with E-state index >= 15 is 0 Å². The maximum Gasteiger partial charge on any atom is 0.114 e. The lowest BCUT2D eigenvalue weighted by Crippen LogP contribution is -2.14. The monoisotopic (exact) mass is 229 g/mol. The van der Waals surface area contributed by atoms with Crippen LogP contribution in [0.4, 0.5) is 0 Å². The van der Waals surface area contributed by atoms with Gasteiger partial charge in [-0.3, -0.25) is 0 Å². The molecule has 0 aliphatic carbocycles. The number of ether oxygens (including phenoxy) is 2. The smallest absolute Gasteiger partial charge is 0.114 e. The Hall–Kier alpha value is -0.980. The topological polar surface area (TPSA) is 69.4 Å². The molecule has 0 radical (unpaired) electrons. The highest BCUT2D eigenvalue weighted by atomic mass is 16.5. The van der Waals surface area contributed by atoms with Crippen molar-refractivity contribution in [3.05, 3.63) is 11.4 Å². The summed E-state index contributed by atoms with van der Waals surface area (Å²) in [4.78, 5) is 0. The maximum atomic E-state index is 9.12. The van der Waals surface area contributed by atoms with Crippen molar-refractivity contribution in [3.8, 4) is 0 Å². The largest absolute Gasteiger partial charge is 0.390 e. The van der Waals surface area contributed by atoms with E-state index in [9.17, 15) is 0 Å². The fourth-order valence-corrected chi connectivity index (χ4v) is 1.52. The first-order valence-corrected chi connectivity index (χ1v) is 5.26. The molecule has 1 aromatic heterocycles. The van der Waals surface area contributed by atoms with Crippen molar-refractivity contribution in [2.45, 2.75) is 32.6 Å². The number of rotatable bonds is 7. The average molecular weight is 229 g/mol. The lowest BCUT2D eigenvalue weighted by Gasteiger charge is -2.14. The molecule has 1 N–H and O–H groups in total. The molecule has 6 nitrogen and oxygen atoms in total. The molecule has 0 aliphatic rings. The molecule has 92 valence electrons. The summed E-state index contributed by atoms with van der Waals surface area (Å²) in [5.74, 6) is 0. The molecule has 0 spiro atoms. The minimum absolute atomic E-state index is 0.115. The van der Waals surface area contributed by atoms with E-state index in [2.05, 4.69) is 10.3 Å². The van der Waals surface area contributed by atoms with E-state index in [4.69, 9.17) is 14.6 Å². The Morgan fingerprint density at radius 1 is 1.38 bits per heavy atom. The highest BCUT2D eigenvalue weighted by molar-refractivity contribution is 5.08. The second-order valence-corrected chi connectivity index (χ2v) is 3.65. The Morgan fingerprint density at radius 2 is 2.12 bits per heavy atom. The van der Waals surface area contributed by atoms with Crippen molar-refractivity contribution < 1.29 is 14.6 Å². The first-order chi connectivity index (χ1) is 7.74. The van der Waals surface area contributed by atoms with Gasteiger partial charge in [0.15, 0.2) is 0 Å². The summed E-state index contributed by atoms with van der Waals surface area (Å²) in [6.45, 7) is 2.99. The van der Waals surface area contributed by atoms with Crippen molar-refractivity contribution in [2.75, 3.05) is 20.8 Å². The van der Waals surface area contributed by atoms with Gasteiger partial charge >= 0.3 is 0 Å². The van der Waals surface area contributed by atoms with Crippen LogP contribution in [0.5, 0.6) is 0 Å². The molecule has 1 rings (SSSR count). The fraction of sp³-hybridized carbons (Fsp3) is 0.800. The van der Waals surface area contributed by atoms with Gasteiger partial charge in [-0.25, -0.2) is 4.68 Å². The number of hydrogen-bond donors (Lipinski definition) is 1. The van der Waals surface area contributed by atoms with Crippen molar-refractivity contribution in [1.29, 1.82) is 0 Å². The third-order valence-electron chi connectivity index (χ3n) is 2.46. The van der Waals surface area contributed by atoms with Gasteiger partial charge in [0, 0.05) is 20.8 Å². The average Bonchev–Trinajstić information content (AvgIpc) is 2.69. The minimum Gasteiger partial charge on any atom is -0.390 e. The van der Waals surface area contributed by atoms with Gasteiger partial charge in [-0.15, -0.1) is 5.10 Å². The third-order valence-corrected chi connectivity index (χ3v) is 2.46. The molecule has 6 heteroatoms. The summed E-state index contributed by atoms with van der Waals surface area (Å²) in [6.07, 6.45) is 0.849. The summed E-state index contributed by atoms with van der Waals surface area (Å²) in [7, 11) is 3.28. The SMILES string of the molecule is COCCC(C)n1nnc(CO)c1COC. The number of hydrogen-bond acceptors (Lipinski definition) is 5. The number of methoxy groups -OCH3 is 2. The molecule has 1 aromatic rings. The molecule has 1 atom stereocenters. The van der Waals surface area contributed by atoms with Gasteiger partial charge in [-0.2, -0.15) is 0 Å². The van der Waals surface area contributed by atoms with Crippen LogP contribution < -0.4 is 0 Å². The highest BCUT2D eigenvalue weighted by Crippen LogP contribution is 2.16. The van der Waals surface area contributed by atoms with Gasteiger partial charge < -0.3 is 14.6 Å². The van der Waals surface area contributed by atoms with E-state index in [1.807, 2.05) is 6.92 Å². The van der Waals surface area contributed by atoms with Crippen molar-refractivity contribution in [2.24, 2.45) is 0 Å². The van der Waals surface area contributed by atoms with Crippen LogP contribution in [0.15, 0.2) is 0 Å². The number of aliphatic hydroxyl groups excluding tert-OH is 1. The van der Waals surface area contributed by atoms with Gasteiger partial charge in [0.2, 0.25) is 0 Å². The molecule has 1 unspecified atom stereocenters. The zero-order chi connectivity index (χ0) is 12.0. The quantitative estimate of drug-likeness (QED) is 0.738. The van der Waals surface area contributed by atoms with Gasteiger partial charge in [0.1, 0.15) is 5.69 Å². The Labute approximate surface area is 95.2 Å². The molecular weight excluding hydrogens is 210 g/mol. The van der Waals surface area contributed by atoms with E-state index in [0.717, 1.165) is 12.1 Å². The van der Waals surface area contributed by atoms with Crippen LogP contribution in [0.2, 0.25) is 0 Å². The fourth-order valence-electron chi connectivity index (χ4n) is 1.52. The normalized spacial score (nSPS) is 13.0. The van der Waals surface area contributed by atoms with Crippen LogP contribution in [-0.2, 0) is 22.7 Å². The molecule has 0 fully saturated rings. The van der Waals surface area contributed by atoms with Gasteiger partial charge in [-0.1, -0.05) is 5.21 Å². The molecule has 0 saturated carbocycles. The second-order valence-electron chi connectivity index (χ2n) is 3.65. The van der Waals surface area contributed by atoms with E-state index in [1.165, 1.54) is 0 Å². The lowest BCUT2D eigenvalue weighted by atomic mass is 10.2. The van der Waals surface area contributed by atoms with Crippen LogP contribution in [0.25, 0.3) is 0 Å². The first kappa shape index (κ1) is 13.1. The molecule has 16 heavy (non-hydrogen) atoms. The molecule has 0 aromatic carbocycles. The summed E-state index contributed by atoms with van der Waals surface area (Å²) in [6, 6.07) is 0.179. The Morgan fingerprint density at radius 3 is 2.69 bits per heavy atom. The Bertz CT molecular complexity index is 314. The number of aromatic nitrogens is 3.